The third-order valence-electron chi connectivity index (χ3n) is 13.7. The molecule has 3 nitrogen and oxygen atoms in total. The lowest BCUT2D eigenvalue weighted by Gasteiger charge is -2.16. The van der Waals surface area contributed by atoms with Crippen LogP contribution in [0.2, 0.25) is 0 Å². The van der Waals surface area contributed by atoms with Gasteiger partial charge in [-0.2, -0.15) is 0 Å². The van der Waals surface area contributed by atoms with Crippen LogP contribution >= 0.6 is 0 Å². The Labute approximate surface area is 406 Å². The van der Waals surface area contributed by atoms with Gasteiger partial charge in [-0.1, -0.05) is 237 Å². The summed E-state index contributed by atoms with van der Waals surface area (Å²) in [5.74, 6) is 1.85. The highest BCUT2D eigenvalue weighted by atomic mass is 15.0. The molecular weight excluding hydrogens is 847 g/mol. The highest BCUT2D eigenvalue weighted by Crippen LogP contribution is 2.41. The largest absolute Gasteiger partial charge is 0.208 e. The lowest BCUT2D eigenvalue weighted by atomic mass is 9.90. The summed E-state index contributed by atoms with van der Waals surface area (Å²) in [6.07, 6.45) is 0. The van der Waals surface area contributed by atoms with Crippen LogP contribution in [0.4, 0.5) is 0 Å². The smallest absolute Gasteiger partial charge is 0.164 e. The number of rotatable bonds is 8. The first-order valence-electron chi connectivity index (χ1n) is 23.8. The first kappa shape index (κ1) is 40.9. The van der Waals surface area contributed by atoms with E-state index in [2.05, 4.69) is 261 Å². The van der Waals surface area contributed by atoms with Gasteiger partial charge in [-0.3, -0.25) is 0 Å². The molecule has 70 heavy (non-hydrogen) atoms. The SMILES string of the molecule is c1ccc(-c2cccc(-c3cccc4cc(-c5nc(-c6cccc(-c7ccc(-c8cccc9ccccc89)cc7)c6)nc(-c6cccc(-c7cccc8ccccc78)c6)n5)c5ccccc5c34)c2)cc1. The molecule has 1 aromatic heterocycles. The van der Waals surface area contributed by atoms with Crippen LogP contribution in [0.15, 0.2) is 261 Å². The number of aromatic nitrogens is 3. The molecule has 13 rings (SSSR count). The van der Waals surface area contributed by atoms with Gasteiger partial charge in [-0.25, -0.2) is 15.0 Å². The molecule has 0 N–H and O–H groups in total. The standard InChI is InChI=1S/C67H43N3/c1-2-16-44(17-3-1)49-22-10-25-52(40-49)60-35-15-26-53-43-63(61-31-8-9-32-62(61)64(53)60)67-69-65(68-66(70-67)55-28-12-24-51(42-55)59-34-14-21-47-19-5-7-30-57(47)59)54-27-11-23-50(41-54)45-36-38-48(39-37-45)58-33-13-20-46-18-4-6-29-56(46)58/h1-43H. The Kier molecular flexibility index (Phi) is 10.2. The molecule has 0 aliphatic heterocycles. The highest BCUT2D eigenvalue weighted by molar-refractivity contribution is 6.18. The second kappa shape index (κ2) is 17.4. The van der Waals surface area contributed by atoms with Gasteiger partial charge >= 0.3 is 0 Å². The van der Waals surface area contributed by atoms with Gasteiger partial charge in [0, 0.05) is 16.7 Å². The van der Waals surface area contributed by atoms with E-state index in [-0.39, 0.29) is 0 Å². The van der Waals surface area contributed by atoms with Crippen molar-refractivity contribution in [1.29, 1.82) is 0 Å². The minimum Gasteiger partial charge on any atom is -0.208 e. The summed E-state index contributed by atoms with van der Waals surface area (Å²) < 4.78 is 0. The predicted molar refractivity (Wildman–Crippen MR) is 293 cm³/mol. The fraction of sp³-hybridized carbons (Fsp3) is 0. The number of nitrogens with zero attached hydrogens (tertiary/aromatic N) is 3. The molecule has 0 aliphatic carbocycles. The van der Waals surface area contributed by atoms with E-state index < -0.39 is 0 Å². The molecule has 0 bridgehead atoms. The van der Waals surface area contributed by atoms with Crippen molar-refractivity contribution in [2.75, 3.05) is 0 Å². The quantitative estimate of drug-likeness (QED) is 0.143. The maximum atomic E-state index is 5.40. The van der Waals surface area contributed by atoms with Crippen molar-refractivity contribution in [3.05, 3.63) is 261 Å². The van der Waals surface area contributed by atoms with Gasteiger partial charge in [0.05, 0.1) is 0 Å². The van der Waals surface area contributed by atoms with Gasteiger partial charge in [0.1, 0.15) is 0 Å². The zero-order valence-corrected chi connectivity index (χ0v) is 38.2. The normalized spacial score (nSPS) is 11.4. The summed E-state index contributed by atoms with van der Waals surface area (Å²) in [7, 11) is 0. The van der Waals surface area contributed by atoms with Gasteiger partial charge in [-0.05, 0) is 123 Å². The van der Waals surface area contributed by atoms with Gasteiger partial charge in [-0.15, -0.1) is 0 Å². The molecule has 13 aromatic rings. The predicted octanol–water partition coefficient (Wildman–Crippen LogP) is 17.8. The van der Waals surface area contributed by atoms with E-state index in [1.54, 1.807) is 0 Å². The maximum absolute atomic E-state index is 5.40. The summed E-state index contributed by atoms with van der Waals surface area (Å²) >= 11 is 0. The van der Waals surface area contributed by atoms with Crippen LogP contribution in [0.1, 0.15) is 0 Å². The number of hydrogen-bond donors (Lipinski definition) is 0. The minimum atomic E-state index is 0.612. The van der Waals surface area contributed by atoms with E-state index in [4.69, 9.17) is 15.0 Å². The summed E-state index contributed by atoms with van der Waals surface area (Å²) in [5, 5.41) is 9.43. The number of hydrogen-bond acceptors (Lipinski definition) is 3. The Morgan fingerprint density at radius 2 is 0.571 bits per heavy atom. The average molecular weight is 890 g/mol. The molecule has 0 amide bonds. The van der Waals surface area contributed by atoms with E-state index in [0.29, 0.717) is 17.5 Å². The van der Waals surface area contributed by atoms with E-state index >= 15 is 0 Å². The summed E-state index contributed by atoms with van der Waals surface area (Å²) in [5.41, 5.74) is 14.4. The molecule has 0 saturated carbocycles. The van der Waals surface area contributed by atoms with E-state index in [9.17, 15) is 0 Å². The zero-order chi connectivity index (χ0) is 46.4. The van der Waals surface area contributed by atoms with Crippen molar-refractivity contribution in [2.24, 2.45) is 0 Å². The highest BCUT2D eigenvalue weighted by Gasteiger charge is 2.19. The van der Waals surface area contributed by atoms with E-state index in [1.807, 2.05) is 0 Å². The third kappa shape index (κ3) is 7.47. The second-order valence-electron chi connectivity index (χ2n) is 17.9. The molecule has 0 spiro atoms. The number of benzene rings is 12. The molecule has 0 fully saturated rings. The van der Waals surface area contributed by atoms with Gasteiger partial charge in [0.2, 0.25) is 0 Å². The minimum absolute atomic E-state index is 0.612. The van der Waals surface area contributed by atoms with Gasteiger partial charge < -0.3 is 0 Å². The van der Waals surface area contributed by atoms with E-state index in [1.165, 1.54) is 65.9 Å². The average Bonchev–Trinajstić information content (AvgIpc) is 3.44. The van der Waals surface area contributed by atoms with Crippen LogP contribution in [-0.2, 0) is 0 Å². The molecule has 0 saturated heterocycles. The van der Waals surface area contributed by atoms with Crippen molar-refractivity contribution < 1.29 is 0 Å². The molecule has 1 heterocycles. The molecule has 0 aliphatic rings. The van der Waals surface area contributed by atoms with Crippen molar-refractivity contribution >= 4 is 43.1 Å². The summed E-state index contributed by atoms with van der Waals surface area (Å²) in [6, 6.07) is 93.2. The van der Waals surface area contributed by atoms with Crippen LogP contribution in [-0.4, -0.2) is 15.0 Å². The lowest BCUT2D eigenvalue weighted by molar-refractivity contribution is 1.08. The fourth-order valence-electron chi connectivity index (χ4n) is 10.3. The topological polar surface area (TPSA) is 38.7 Å². The molecular formula is C67H43N3. The third-order valence-corrected chi connectivity index (χ3v) is 13.7. The monoisotopic (exact) mass is 889 g/mol. The fourth-order valence-corrected chi connectivity index (χ4v) is 10.3. The van der Waals surface area contributed by atoms with Gasteiger partial charge in [0.25, 0.3) is 0 Å². The molecule has 0 unspecified atom stereocenters. The van der Waals surface area contributed by atoms with Crippen LogP contribution in [0.3, 0.4) is 0 Å². The van der Waals surface area contributed by atoms with Crippen LogP contribution < -0.4 is 0 Å². The molecule has 326 valence electrons. The molecule has 12 aromatic carbocycles. The van der Waals surface area contributed by atoms with Gasteiger partial charge in [0.15, 0.2) is 17.5 Å². The first-order chi connectivity index (χ1) is 34.7. The van der Waals surface area contributed by atoms with Crippen LogP contribution in [0, 0.1) is 0 Å². The van der Waals surface area contributed by atoms with Crippen molar-refractivity contribution in [1.82, 2.24) is 15.0 Å². The second-order valence-corrected chi connectivity index (χ2v) is 17.9. The van der Waals surface area contributed by atoms with Crippen molar-refractivity contribution in [3.63, 3.8) is 0 Å². The van der Waals surface area contributed by atoms with Crippen molar-refractivity contribution in [3.8, 4) is 89.8 Å². The Morgan fingerprint density at radius 1 is 0.186 bits per heavy atom. The first-order valence-corrected chi connectivity index (χ1v) is 23.8. The Balaban J connectivity index is 0.966. The number of fused-ring (bicyclic) bond motifs is 5. The Morgan fingerprint density at radius 3 is 1.21 bits per heavy atom. The Bertz CT molecular complexity index is 4110. The maximum Gasteiger partial charge on any atom is 0.164 e. The zero-order valence-electron chi connectivity index (χ0n) is 38.2. The molecule has 3 heteroatoms. The molecule has 0 radical (unpaired) electrons. The summed E-state index contributed by atoms with van der Waals surface area (Å²) in [4.78, 5) is 16.1. The van der Waals surface area contributed by atoms with E-state index in [0.717, 1.165) is 49.5 Å². The molecule has 0 atom stereocenters. The lowest BCUT2D eigenvalue weighted by Crippen LogP contribution is -2.01. The van der Waals surface area contributed by atoms with Crippen molar-refractivity contribution in [2.45, 2.75) is 0 Å². The van der Waals surface area contributed by atoms with Crippen LogP contribution in [0.5, 0.6) is 0 Å². The van der Waals surface area contributed by atoms with Crippen LogP contribution in [0.25, 0.3) is 133 Å². The summed E-state index contributed by atoms with van der Waals surface area (Å²) in [6.45, 7) is 0. The Hall–Kier alpha value is -9.31.